The van der Waals surface area contributed by atoms with E-state index in [-0.39, 0.29) is 11.0 Å². The van der Waals surface area contributed by atoms with E-state index in [4.69, 9.17) is 5.11 Å². The Morgan fingerprint density at radius 2 is 2.00 bits per heavy atom. The van der Waals surface area contributed by atoms with Crippen LogP contribution in [-0.4, -0.2) is 16.1 Å². The summed E-state index contributed by atoms with van der Waals surface area (Å²) in [6, 6.07) is 9.26. The van der Waals surface area contributed by atoms with Gasteiger partial charge in [-0.05, 0) is 17.7 Å². The van der Waals surface area contributed by atoms with Crippen LogP contribution in [0.15, 0.2) is 47.4 Å². The van der Waals surface area contributed by atoms with Crippen molar-refractivity contribution < 1.29 is 9.90 Å². The van der Waals surface area contributed by atoms with Crippen LogP contribution >= 0.6 is 0 Å². The second-order valence-corrected chi connectivity index (χ2v) is 3.32. The fourth-order valence-electron chi connectivity index (χ4n) is 1.43. The van der Waals surface area contributed by atoms with Gasteiger partial charge in [-0.15, -0.1) is 0 Å². The minimum Gasteiger partial charge on any atom is -0.478 e. The van der Waals surface area contributed by atoms with E-state index < -0.39 is 5.97 Å². The largest absolute Gasteiger partial charge is 0.478 e. The number of hydrogen-bond donors (Lipinski definition) is 2. The molecule has 0 aliphatic rings. The van der Waals surface area contributed by atoms with Crippen LogP contribution in [0, 0.1) is 0 Å². The lowest BCUT2D eigenvalue weighted by atomic mass is 10.1. The molecule has 1 aromatic heterocycles. The molecule has 2 aromatic rings. The molecule has 0 fully saturated rings. The van der Waals surface area contributed by atoms with Gasteiger partial charge in [0.25, 0.3) is 0 Å². The van der Waals surface area contributed by atoms with Gasteiger partial charge in [-0.25, -0.2) is 4.79 Å². The number of H-pyrrole nitrogens is 1. The van der Waals surface area contributed by atoms with Crippen molar-refractivity contribution in [1.82, 2.24) is 4.98 Å². The van der Waals surface area contributed by atoms with E-state index in [1.165, 1.54) is 30.5 Å². The maximum atomic E-state index is 11.1. The Morgan fingerprint density at radius 1 is 1.19 bits per heavy atom. The van der Waals surface area contributed by atoms with Gasteiger partial charge in [0.2, 0.25) is 0 Å². The van der Waals surface area contributed by atoms with E-state index in [0.29, 0.717) is 11.3 Å². The van der Waals surface area contributed by atoms with Crippen molar-refractivity contribution in [3.8, 4) is 11.3 Å². The second kappa shape index (κ2) is 4.02. The summed E-state index contributed by atoms with van der Waals surface area (Å²) in [5, 5.41) is 8.84. The minimum atomic E-state index is -0.986. The van der Waals surface area contributed by atoms with Crippen LogP contribution < -0.4 is 5.43 Å². The first kappa shape index (κ1) is 10.2. The Balaban J connectivity index is 2.52. The van der Waals surface area contributed by atoms with E-state index >= 15 is 0 Å². The molecule has 1 heterocycles. The summed E-state index contributed by atoms with van der Waals surface area (Å²) in [4.78, 5) is 24.8. The van der Waals surface area contributed by atoms with Gasteiger partial charge in [0.15, 0.2) is 5.43 Å². The van der Waals surface area contributed by atoms with Gasteiger partial charge < -0.3 is 10.1 Å². The zero-order chi connectivity index (χ0) is 11.5. The number of carbonyl (C=O) groups is 1. The van der Waals surface area contributed by atoms with Gasteiger partial charge in [0, 0.05) is 24.0 Å². The maximum Gasteiger partial charge on any atom is 0.335 e. The molecule has 0 aliphatic heterocycles. The number of aromatic carboxylic acids is 1. The van der Waals surface area contributed by atoms with Crippen LogP contribution in [0.25, 0.3) is 11.3 Å². The highest BCUT2D eigenvalue weighted by molar-refractivity contribution is 5.89. The van der Waals surface area contributed by atoms with E-state index in [0.717, 1.165) is 0 Å². The average molecular weight is 215 g/mol. The molecule has 4 heteroatoms. The Bertz CT molecular complexity index is 587. The molecule has 0 amide bonds. The van der Waals surface area contributed by atoms with Crippen LogP contribution in [0.5, 0.6) is 0 Å². The molecule has 0 unspecified atom stereocenters. The molecule has 0 saturated heterocycles. The molecule has 0 atom stereocenters. The van der Waals surface area contributed by atoms with Crippen LogP contribution in [0.3, 0.4) is 0 Å². The van der Waals surface area contributed by atoms with Gasteiger partial charge >= 0.3 is 5.97 Å². The van der Waals surface area contributed by atoms with E-state index in [1.807, 2.05) is 0 Å². The fourth-order valence-corrected chi connectivity index (χ4v) is 1.43. The summed E-state index contributed by atoms with van der Waals surface area (Å²) >= 11 is 0. The Hall–Kier alpha value is -2.36. The number of aromatic nitrogens is 1. The van der Waals surface area contributed by atoms with E-state index in [1.54, 1.807) is 12.1 Å². The number of nitrogens with one attached hydrogen (secondary N) is 1. The van der Waals surface area contributed by atoms with Crippen molar-refractivity contribution in [2.24, 2.45) is 0 Å². The summed E-state index contributed by atoms with van der Waals surface area (Å²) in [6.07, 6.45) is 1.53. The third kappa shape index (κ3) is 2.00. The monoisotopic (exact) mass is 215 g/mol. The molecule has 80 valence electrons. The highest BCUT2D eigenvalue weighted by atomic mass is 16.4. The van der Waals surface area contributed by atoms with Crippen molar-refractivity contribution in [2.45, 2.75) is 0 Å². The molecule has 0 spiro atoms. The van der Waals surface area contributed by atoms with Crippen LogP contribution in [0.1, 0.15) is 10.4 Å². The quantitative estimate of drug-likeness (QED) is 0.801. The molecule has 0 bridgehead atoms. The van der Waals surface area contributed by atoms with Crippen molar-refractivity contribution >= 4 is 5.97 Å². The number of pyridine rings is 1. The summed E-state index contributed by atoms with van der Waals surface area (Å²) in [5.41, 5.74) is 1.37. The Morgan fingerprint density at radius 3 is 2.69 bits per heavy atom. The number of aromatic amines is 1. The van der Waals surface area contributed by atoms with Gasteiger partial charge in [0.05, 0.1) is 5.56 Å². The van der Waals surface area contributed by atoms with Crippen LogP contribution in [-0.2, 0) is 0 Å². The molecular formula is C12H9NO3. The zero-order valence-corrected chi connectivity index (χ0v) is 8.31. The molecule has 4 nitrogen and oxygen atoms in total. The highest BCUT2D eigenvalue weighted by Gasteiger charge is 2.04. The van der Waals surface area contributed by atoms with Crippen LogP contribution in [0.4, 0.5) is 0 Å². The predicted octanol–water partition coefficient (Wildman–Crippen LogP) is 1.74. The first-order valence-electron chi connectivity index (χ1n) is 4.69. The van der Waals surface area contributed by atoms with Crippen molar-refractivity contribution in [1.29, 1.82) is 0 Å². The normalized spacial score (nSPS) is 10.0. The van der Waals surface area contributed by atoms with Gasteiger partial charge in [-0.2, -0.15) is 0 Å². The standard InChI is InChI=1S/C12H9NO3/c14-10-4-5-13-11(7-10)8-2-1-3-9(6-8)12(15)16/h1-7H,(H,13,14)(H,15,16). The maximum absolute atomic E-state index is 11.1. The number of carboxylic acids is 1. The third-order valence-corrected chi connectivity index (χ3v) is 2.19. The lowest BCUT2D eigenvalue weighted by Crippen LogP contribution is -1.99. The number of benzene rings is 1. The lowest BCUT2D eigenvalue weighted by molar-refractivity contribution is 0.0697. The van der Waals surface area contributed by atoms with Crippen molar-refractivity contribution in [2.75, 3.05) is 0 Å². The number of hydrogen-bond acceptors (Lipinski definition) is 2. The SMILES string of the molecule is O=C(O)c1cccc(-c2cc(=O)cc[nH]2)c1. The summed E-state index contributed by atoms with van der Waals surface area (Å²) in [6.45, 7) is 0. The van der Waals surface area contributed by atoms with E-state index in [9.17, 15) is 9.59 Å². The molecular weight excluding hydrogens is 206 g/mol. The first-order valence-corrected chi connectivity index (χ1v) is 4.69. The topological polar surface area (TPSA) is 70.2 Å². The highest BCUT2D eigenvalue weighted by Crippen LogP contribution is 2.16. The van der Waals surface area contributed by atoms with Crippen LogP contribution in [0.2, 0.25) is 0 Å². The summed E-state index contributed by atoms with van der Waals surface area (Å²) in [7, 11) is 0. The molecule has 2 N–H and O–H groups in total. The van der Waals surface area contributed by atoms with Gasteiger partial charge in [-0.1, -0.05) is 12.1 Å². The lowest BCUT2D eigenvalue weighted by Gasteiger charge is -2.02. The smallest absolute Gasteiger partial charge is 0.335 e. The van der Waals surface area contributed by atoms with Gasteiger partial charge in [0.1, 0.15) is 0 Å². The second-order valence-electron chi connectivity index (χ2n) is 3.32. The molecule has 0 radical (unpaired) electrons. The third-order valence-electron chi connectivity index (χ3n) is 2.19. The Labute approximate surface area is 91.2 Å². The zero-order valence-electron chi connectivity index (χ0n) is 8.31. The van der Waals surface area contributed by atoms with E-state index in [2.05, 4.69) is 4.98 Å². The Kier molecular flexibility index (Phi) is 2.55. The summed E-state index contributed by atoms with van der Waals surface area (Å²) in [5.74, 6) is -0.986. The van der Waals surface area contributed by atoms with Crippen molar-refractivity contribution in [3.05, 3.63) is 58.4 Å². The molecule has 1 aromatic carbocycles. The molecule has 0 aliphatic carbocycles. The van der Waals surface area contributed by atoms with Gasteiger partial charge in [-0.3, -0.25) is 4.79 Å². The van der Waals surface area contributed by atoms with Crippen molar-refractivity contribution in [3.63, 3.8) is 0 Å². The number of carboxylic acid groups (broad SMARTS) is 1. The fraction of sp³-hybridized carbons (Fsp3) is 0. The first-order chi connectivity index (χ1) is 7.66. The summed E-state index contributed by atoms with van der Waals surface area (Å²) < 4.78 is 0. The molecule has 2 rings (SSSR count). The predicted molar refractivity (Wildman–Crippen MR) is 59.5 cm³/mol. The molecule has 0 saturated carbocycles. The number of rotatable bonds is 2. The molecule has 16 heavy (non-hydrogen) atoms. The average Bonchev–Trinajstić information content (AvgIpc) is 2.29. The minimum absolute atomic E-state index is 0.116.